The van der Waals surface area contributed by atoms with Gasteiger partial charge in [-0.05, 0) is 64.3 Å². The Kier molecular flexibility index (Phi) is 11.4. The van der Waals surface area contributed by atoms with Gasteiger partial charge in [-0.25, -0.2) is 0 Å². The summed E-state index contributed by atoms with van der Waals surface area (Å²) in [6.07, 6.45) is 0. The van der Waals surface area contributed by atoms with E-state index in [1.54, 1.807) is 0 Å². The highest BCUT2D eigenvalue weighted by atomic mass is 79.9. The maximum absolute atomic E-state index is 5.56. The predicted octanol–water partition coefficient (Wildman–Crippen LogP) is 4.99. The van der Waals surface area contributed by atoms with Crippen molar-refractivity contribution in [3.05, 3.63) is 70.2 Å². The van der Waals surface area contributed by atoms with Crippen molar-refractivity contribution in [2.24, 2.45) is 10.2 Å². The lowest BCUT2D eigenvalue weighted by Crippen LogP contribution is -2.39. The molecule has 2 aromatic carbocycles. The van der Waals surface area contributed by atoms with Crippen molar-refractivity contribution in [3.63, 3.8) is 0 Å². The van der Waals surface area contributed by atoms with Gasteiger partial charge in [0.25, 0.3) is 0 Å². The first kappa shape index (κ1) is 26.9. The minimum Gasteiger partial charge on any atom is -0.348 e. The van der Waals surface area contributed by atoms with Gasteiger partial charge in [-0.1, -0.05) is 58.4 Å². The van der Waals surface area contributed by atoms with Gasteiger partial charge in [0, 0.05) is 41.8 Å². The smallest absolute Gasteiger partial charge is 0.189 e. The van der Waals surface area contributed by atoms with Gasteiger partial charge < -0.3 is 9.80 Å². The number of rotatable bonds is 9. The summed E-state index contributed by atoms with van der Waals surface area (Å²) in [6, 6.07) is 17.9. The second kappa shape index (κ2) is 14.0. The van der Waals surface area contributed by atoms with Crippen molar-refractivity contribution in [3.8, 4) is 0 Å². The van der Waals surface area contributed by atoms with Crippen LogP contribution < -0.4 is 10.9 Å². The molecule has 176 valence electrons. The Morgan fingerprint density at radius 1 is 0.697 bits per heavy atom. The summed E-state index contributed by atoms with van der Waals surface area (Å²) < 4.78 is 0.983. The summed E-state index contributed by atoms with van der Waals surface area (Å²) in [5, 5.41) is 10.6. The molecule has 0 saturated heterocycles. The molecule has 0 atom stereocenters. The van der Waals surface area contributed by atoms with Gasteiger partial charge in [-0.3, -0.25) is 10.9 Å². The van der Waals surface area contributed by atoms with Crippen LogP contribution in [0.15, 0.2) is 69.3 Å². The monoisotopic (exact) mass is 546 g/mol. The lowest BCUT2D eigenvalue weighted by molar-refractivity contribution is 0.457. The largest absolute Gasteiger partial charge is 0.348 e. The predicted molar refractivity (Wildman–Crippen MR) is 151 cm³/mol. The molecule has 6 nitrogen and oxygen atoms in total. The van der Waals surface area contributed by atoms with Crippen LogP contribution in [0, 0.1) is 0 Å². The third kappa shape index (κ3) is 7.87. The van der Waals surface area contributed by atoms with Gasteiger partial charge >= 0.3 is 0 Å². The van der Waals surface area contributed by atoms with E-state index in [2.05, 4.69) is 54.5 Å². The molecular formula is C24H31BrN6S2. The Bertz CT molecular complexity index is 968. The van der Waals surface area contributed by atoms with Crippen molar-refractivity contribution in [1.29, 1.82) is 0 Å². The normalized spacial score (nSPS) is 11.7. The molecule has 0 aliphatic rings. The summed E-state index contributed by atoms with van der Waals surface area (Å²) in [7, 11) is 0. The van der Waals surface area contributed by atoms with Gasteiger partial charge in [0.15, 0.2) is 10.2 Å². The Hall–Kier alpha value is -2.36. The summed E-state index contributed by atoms with van der Waals surface area (Å²) in [4.78, 5) is 4.07. The maximum Gasteiger partial charge on any atom is 0.189 e. The molecule has 0 saturated carbocycles. The van der Waals surface area contributed by atoms with Crippen LogP contribution in [0.2, 0.25) is 0 Å². The summed E-state index contributed by atoms with van der Waals surface area (Å²) in [5.74, 6) is 0. The first-order chi connectivity index (χ1) is 15.9. The molecule has 2 N–H and O–H groups in total. The van der Waals surface area contributed by atoms with Gasteiger partial charge in [0.05, 0.1) is 0 Å². The number of hydrogen-bond acceptors (Lipinski definition) is 4. The van der Waals surface area contributed by atoms with Crippen LogP contribution in [0.3, 0.4) is 0 Å². The van der Waals surface area contributed by atoms with Crippen molar-refractivity contribution in [1.82, 2.24) is 20.7 Å². The highest BCUT2D eigenvalue weighted by Gasteiger charge is 2.17. The van der Waals surface area contributed by atoms with Crippen LogP contribution >= 0.6 is 40.4 Å². The third-order valence-electron chi connectivity index (χ3n) is 5.02. The van der Waals surface area contributed by atoms with E-state index in [1.807, 2.05) is 64.4 Å². The highest BCUT2D eigenvalue weighted by Crippen LogP contribution is 2.15. The fourth-order valence-corrected chi connectivity index (χ4v) is 3.95. The lowest BCUT2D eigenvalue weighted by atomic mass is 10.00. The number of hydrogen-bond donors (Lipinski definition) is 2. The number of nitrogens with one attached hydrogen (secondary N) is 2. The standard InChI is InChI=1S/C24H31BrN6S2/c1-5-30(6-2)23(32)28-26-21(18-12-10-9-11-13-18)22(19-14-16-20(25)17-15-19)27-29-24(33)31(7-3)8-4/h9-17H,5-8H2,1-4H3,(H,28,32)(H,29,33). The summed E-state index contributed by atoms with van der Waals surface area (Å²) in [5.41, 5.74) is 9.23. The van der Waals surface area contributed by atoms with Gasteiger partial charge in [-0.15, -0.1) is 0 Å². The minimum atomic E-state index is 0.564. The van der Waals surface area contributed by atoms with Gasteiger partial charge in [0.1, 0.15) is 11.4 Å². The zero-order chi connectivity index (χ0) is 24.2. The van der Waals surface area contributed by atoms with Crippen LogP contribution in [0.1, 0.15) is 38.8 Å². The zero-order valence-corrected chi connectivity index (χ0v) is 22.7. The summed E-state index contributed by atoms with van der Waals surface area (Å²) in [6.45, 7) is 11.4. The van der Waals surface area contributed by atoms with E-state index in [0.29, 0.717) is 21.6 Å². The van der Waals surface area contributed by atoms with E-state index < -0.39 is 0 Å². The quantitative estimate of drug-likeness (QED) is 0.262. The lowest BCUT2D eigenvalue weighted by Gasteiger charge is -2.22. The van der Waals surface area contributed by atoms with E-state index in [-0.39, 0.29) is 0 Å². The molecule has 33 heavy (non-hydrogen) atoms. The Morgan fingerprint density at radius 3 is 1.48 bits per heavy atom. The summed E-state index contributed by atoms with van der Waals surface area (Å²) >= 11 is 14.6. The molecule has 0 aromatic heterocycles. The van der Waals surface area contributed by atoms with E-state index in [1.165, 1.54) is 0 Å². The van der Waals surface area contributed by atoms with Crippen molar-refractivity contribution < 1.29 is 0 Å². The molecule has 0 unspecified atom stereocenters. The molecule has 0 fully saturated rings. The van der Waals surface area contributed by atoms with E-state index in [0.717, 1.165) is 41.8 Å². The number of benzene rings is 2. The van der Waals surface area contributed by atoms with Gasteiger partial charge in [-0.2, -0.15) is 10.2 Å². The van der Waals surface area contributed by atoms with Gasteiger partial charge in [0.2, 0.25) is 0 Å². The highest BCUT2D eigenvalue weighted by molar-refractivity contribution is 9.10. The first-order valence-corrected chi connectivity index (χ1v) is 12.6. The molecule has 9 heteroatoms. The SMILES string of the molecule is CCN(CC)C(=S)NN=C(C(=NNC(=S)N(CC)CC)c1ccc(Br)cc1)c1ccccc1. The van der Waals surface area contributed by atoms with E-state index in [9.17, 15) is 0 Å². The average Bonchev–Trinajstić information content (AvgIpc) is 2.84. The fourth-order valence-electron chi connectivity index (χ4n) is 3.08. The maximum atomic E-state index is 5.56. The van der Waals surface area contributed by atoms with Crippen LogP contribution in [0.4, 0.5) is 0 Å². The molecule has 0 radical (unpaired) electrons. The third-order valence-corrected chi connectivity index (χ3v) is 6.24. The molecule has 0 bridgehead atoms. The second-order valence-electron chi connectivity index (χ2n) is 6.97. The molecule has 2 rings (SSSR count). The van der Waals surface area contributed by atoms with Crippen LogP contribution in [-0.4, -0.2) is 57.6 Å². The number of hydrazone groups is 2. The van der Waals surface area contributed by atoms with Crippen LogP contribution in [0.25, 0.3) is 0 Å². The van der Waals surface area contributed by atoms with Crippen molar-refractivity contribution in [2.75, 3.05) is 26.2 Å². The number of thiocarbonyl (C=S) groups is 2. The zero-order valence-electron chi connectivity index (χ0n) is 19.5. The van der Waals surface area contributed by atoms with Crippen LogP contribution in [0.5, 0.6) is 0 Å². The Balaban J connectivity index is 2.55. The minimum absolute atomic E-state index is 0.564. The van der Waals surface area contributed by atoms with Crippen molar-refractivity contribution >= 4 is 62.0 Å². The average molecular weight is 548 g/mol. The molecular weight excluding hydrogens is 516 g/mol. The van der Waals surface area contributed by atoms with E-state index in [4.69, 9.17) is 34.6 Å². The topological polar surface area (TPSA) is 55.3 Å². The molecule has 2 aromatic rings. The fraction of sp³-hybridized carbons (Fsp3) is 0.333. The molecule has 0 heterocycles. The van der Waals surface area contributed by atoms with Crippen molar-refractivity contribution in [2.45, 2.75) is 27.7 Å². The molecule has 0 aliphatic heterocycles. The molecule has 0 amide bonds. The number of nitrogens with zero attached hydrogens (tertiary/aromatic N) is 4. The number of halogens is 1. The Morgan fingerprint density at radius 2 is 1.09 bits per heavy atom. The van der Waals surface area contributed by atoms with E-state index >= 15 is 0 Å². The Labute approximate surface area is 216 Å². The second-order valence-corrected chi connectivity index (χ2v) is 8.66. The molecule has 0 spiro atoms. The van der Waals surface area contributed by atoms with Crippen LogP contribution in [-0.2, 0) is 0 Å². The first-order valence-electron chi connectivity index (χ1n) is 11.0. The molecule has 0 aliphatic carbocycles.